The molecule has 3 unspecified atom stereocenters. The van der Waals surface area contributed by atoms with E-state index in [2.05, 4.69) is 20.8 Å². The van der Waals surface area contributed by atoms with Crippen molar-refractivity contribution in [2.45, 2.75) is 96.9 Å². The lowest BCUT2D eigenvalue weighted by Gasteiger charge is -2.63. The standard InChI is InChI=1S/C24H42O4/c1-14(5-4-10-25)17-6-7-18-22-19(13-21(28)24(17,18)3)23(2)9-8-16(26)11-15(23)12-20(22)27/h14-22,25-28H,4-13H2,1-3H3/t14-,15?,16-,17-,18+,19+,20?,21+,22?,23+,24-/m1/s1. The Morgan fingerprint density at radius 3 is 2.43 bits per heavy atom. The number of hydrogen-bond donors (Lipinski definition) is 4. The number of hydrogen-bond acceptors (Lipinski definition) is 4. The second-order valence-corrected chi connectivity index (χ2v) is 11.4. The van der Waals surface area contributed by atoms with Crippen LogP contribution in [0.25, 0.3) is 0 Å². The van der Waals surface area contributed by atoms with E-state index in [0.717, 1.165) is 57.8 Å². The van der Waals surface area contributed by atoms with Crippen molar-refractivity contribution in [2.75, 3.05) is 6.61 Å². The third-order valence-corrected chi connectivity index (χ3v) is 10.3. The van der Waals surface area contributed by atoms with E-state index in [0.29, 0.717) is 35.5 Å². The summed E-state index contributed by atoms with van der Waals surface area (Å²) in [7, 11) is 0. The maximum atomic E-state index is 11.5. The molecule has 0 aromatic heterocycles. The van der Waals surface area contributed by atoms with Crippen molar-refractivity contribution in [2.24, 2.45) is 46.3 Å². The van der Waals surface area contributed by atoms with Crippen LogP contribution in [-0.2, 0) is 0 Å². The number of aliphatic hydroxyl groups is 4. The van der Waals surface area contributed by atoms with E-state index in [1.54, 1.807) is 0 Å². The Hall–Kier alpha value is -0.160. The monoisotopic (exact) mass is 394 g/mol. The van der Waals surface area contributed by atoms with Gasteiger partial charge in [0.05, 0.1) is 18.3 Å². The van der Waals surface area contributed by atoms with E-state index in [9.17, 15) is 20.4 Å². The molecule has 0 aliphatic heterocycles. The van der Waals surface area contributed by atoms with Gasteiger partial charge in [-0.25, -0.2) is 0 Å². The normalized spacial score (nSPS) is 54.5. The maximum Gasteiger partial charge on any atom is 0.0602 e. The maximum absolute atomic E-state index is 11.5. The quantitative estimate of drug-likeness (QED) is 0.589. The highest BCUT2D eigenvalue weighted by Gasteiger charge is 2.65. The van der Waals surface area contributed by atoms with Crippen LogP contribution in [0.5, 0.6) is 0 Å². The lowest BCUT2D eigenvalue weighted by molar-refractivity contribution is -0.207. The van der Waals surface area contributed by atoms with E-state index in [1.165, 1.54) is 0 Å². The van der Waals surface area contributed by atoms with Crippen molar-refractivity contribution in [1.29, 1.82) is 0 Å². The van der Waals surface area contributed by atoms with Crippen molar-refractivity contribution >= 4 is 0 Å². The molecule has 0 bridgehead atoms. The Morgan fingerprint density at radius 1 is 0.964 bits per heavy atom. The van der Waals surface area contributed by atoms with Crippen LogP contribution in [0.3, 0.4) is 0 Å². The van der Waals surface area contributed by atoms with Crippen LogP contribution < -0.4 is 0 Å². The highest BCUT2D eigenvalue weighted by Crippen LogP contribution is 2.68. The molecule has 0 aromatic carbocycles. The molecular formula is C24H42O4. The minimum absolute atomic E-state index is 0.117. The summed E-state index contributed by atoms with van der Waals surface area (Å²) in [5.74, 6) is 2.41. The van der Waals surface area contributed by atoms with Gasteiger partial charge >= 0.3 is 0 Å². The summed E-state index contributed by atoms with van der Waals surface area (Å²) in [6.45, 7) is 7.23. The molecule has 4 rings (SSSR count). The van der Waals surface area contributed by atoms with Crippen molar-refractivity contribution in [1.82, 2.24) is 0 Å². The first kappa shape index (κ1) is 21.1. The number of rotatable bonds is 4. The molecule has 4 aliphatic rings. The Morgan fingerprint density at radius 2 is 1.71 bits per heavy atom. The van der Waals surface area contributed by atoms with E-state index >= 15 is 0 Å². The predicted molar refractivity (Wildman–Crippen MR) is 109 cm³/mol. The molecule has 4 heteroatoms. The number of aliphatic hydroxyl groups excluding tert-OH is 4. The zero-order chi connectivity index (χ0) is 20.3. The van der Waals surface area contributed by atoms with E-state index in [-0.39, 0.29) is 35.7 Å². The number of fused-ring (bicyclic) bond motifs is 5. The van der Waals surface area contributed by atoms with Crippen LogP contribution >= 0.6 is 0 Å². The zero-order valence-corrected chi connectivity index (χ0v) is 18.1. The van der Waals surface area contributed by atoms with Crippen molar-refractivity contribution in [3.8, 4) is 0 Å². The summed E-state index contributed by atoms with van der Waals surface area (Å²) in [5.41, 5.74) is 0.0282. The predicted octanol–water partition coefficient (Wildman–Crippen LogP) is 3.36. The summed E-state index contributed by atoms with van der Waals surface area (Å²) in [6.07, 6.45) is 7.62. The van der Waals surface area contributed by atoms with Crippen molar-refractivity contribution in [3.05, 3.63) is 0 Å². The molecule has 4 saturated carbocycles. The second-order valence-electron chi connectivity index (χ2n) is 11.4. The smallest absolute Gasteiger partial charge is 0.0602 e. The van der Waals surface area contributed by atoms with Gasteiger partial charge in [0.15, 0.2) is 0 Å². The van der Waals surface area contributed by atoms with Crippen molar-refractivity contribution in [3.63, 3.8) is 0 Å². The first-order valence-electron chi connectivity index (χ1n) is 11.9. The van der Waals surface area contributed by atoms with Crippen LogP contribution in [0.15, 0.2) is 0 Å². The third-order valence-electron chi connectivity index (χ3n) is 10.3. The van der Waals surface area contributed by atoms with E-state index in [4.69, 9.17) is 0 Å². The molecule has 0 radical (unpaired) electrons. The molecule has 0 saturated heterocycles. The average molecular weight is 395 g/mol. The summed E-state index contributed by atoms with van der Waals surface area (Å²) in [5, 5.41) is 42.2. The molecule has 0 spiro atoms. The Bertz CT molecular complexity index is 567. The summed E-state index contributed by atoms with van der Waals surface area (Å²) in [4.78, 5) is 0. The van der Waals surface area contributed by atoms with Gasteiger partial charge in [-0.3, -0.25) is 0 Å². The molecule has 4 N–H and O–H groups in total. The largest absolute Gasteiger partial charge is 0.396 e. The minimum atomic E-state index is -0.308. The Labute approximate surface area is 170 Å². The summed E-state index contributed by atoms with van der Waals surface area (Å²) < 4.78 is 0. The van der Waals surface area contributed by atoms with Crippen LogP contribution in [-0.4, -0.2) is 45.3 Å². The Kier molecular flexibility index (Phi) is 5.66. The Balaban J connectivity index is 1.62. The minimum Gasteiger partial charge on any atom is -0.396 e. The van der Waals surface area contributed by atoms with Crippen LogP contribution in [0.4, 0.5) is 0 Å². The first-order valence-corrected chi connectivity index (χ1v) is 11.9. The van der Waals surface area contributed by atoms with Gasteiger partial charge in [-0.15, -0.1) is 0 Å². The van der Waals surface area contributed by atoms with Crippen molar-refractivity contribution < 1.29 is 20.4 Å². The molecule has 0 amide bonds. The van der Waals surface area contributed by atoms with Gasteiger partial charge in [0.25, 0.3) is 0 Å². The molecule has 0 heterocycles. The molecular weight excluding hydrogens is 352 g/mol. The molecule has 0 aromatic rings. The molecule has 4 nitrogen and oxygen atoms in total. The van der Waals surface area contributed by atoms with Gasteiger partial charge in [-0.1, -0.05) is 20.8 Å². The third kappa shape index (κ3) is 3.01. The molecule has 28 heavy (non-hydrogen) atoms. The van der Waals surface area contributed by atoms with Gasteiger partial charge in [-0.2, -0.15) is 0 Å². The summed E-state index contributed by atoms with van der Waals surface area (Å²) in [6, 6.07) is 0. The molecule has 162 valence electrons. The van der Waals surface area contributed by atoms with Gasteiger partial charge in [-0.05, 0) is 104 Å². The fourth-order valence-electron chi connectivity index (χ4n) is 8.75. The van der Waals surface area contributed by atoms with Gasteiger partial charge < -0.3 is 20.4 Å². The van der Waals surface area contributed by atoms with Crippen LogP contribution in [0.1, 0.15) is 78.6 Å². The second kappa shape index (κ2) is 7.51. The SMILES string of the molecule is C[C@H](CCCO)[C@H]1CC[C@H]2C3C(O)CC4C[C@H](O)CC[C@]4(C)[C@H]3C[C@H](O)[C@]12C. The molecule has 11 atom stereocenters. The lowest BCUT2D eigenvalue weighted by atomic mass is 9.43. The summed E-state index contributed by atoms with van der Waals surface area (Å²) >= 11 is 0. The van der Waals surface area contributed by atoms with Crippen LogP contribution in [0, 0.1) is 46.3 Å². The molecule has 4 fully saturated rings. The van der Waals surface area contributed by atoms with Crippen LogP contribution in [0.2, 0.25) is 0 Å². The highest BCUT2D eigenvalue weighted by molar-refractivity contribution is 5.14. The fourth-order valence-corrected chi connectivity index (χ4v) is 8.75. The fraction of sp³-hybridized carbons (Fsp3) is 1.00. The average Bonchev–Trinajstić information content (AvgIpc) is 3.01. The highest BCUT2D eigenvalue weighted by atomic mass is 16.3. The van der Waals surface area contributed by atoms with E-state index in [1.807, 2.05) is 0 Å². The topological polar surface area (TPSA) is 80.9 Å². The molecule has 4 aliphatic carbocycles. The van der Waals surface area contributed by atoms with Gasteiger partial charge in [0, 0.05) is 6.61 Å². The van der Waals surface area contributed by atoms with Gasteiger partial charge in [0.1, 0.15) is 0 Å². The first-order chi connectivity index (χ1) is 13.2. The van der Waals surface area contributed by atoms with Gasteiger partial charge in [0.2, 0.25) is 0 Å². The van der Waals surface area contributed by atoms with E-state index < -0.39 is 0 Å². The zero-order valence-electron chi connectivity index (χ0n) is 18.1. The lowest BCUT2D eigenvalue weighted by Crippen LogP contribution is -2.62.